The highest BCUT2D eigenvalue weighted by molar-refractivity contribution is 7.99. The maximum atomic E-state index is 13.1. The quantitative estimate of drug-likeness (QED) is 0.476. The van der Waals surface area contributed by atoms with E-state index in [1.54, 1.807) is 11.8 Å². The van der Waals surface area contributed by atoms with Gasteiger partial charge >= 0.3 is 0 Å². The first-order valence-electron chi connectivity index (χ1n) is 6.47. The number of nitrogens with two attached hydrogens (primary N) is 1. The van der Waals surface area contributed by atoms with Crippen molar-refractivity contribution in [3.63, 3.8) is 0 Å². The highest BCUT2D eigenvalue weighted by atomic mass is 32.2. The van der Waals surface area contributed by atoms with Crippen LogP contribution in [0.5, 0.6) is 0 Å². The van der Waals surface area contributed by atoms with Crippen molar-refractivity contribution in [1.29, 1.82) is 0 Å². The summed E-state index contributed by atoms with van der Waals surface area (Å²) in [6.07, 6.45) is 3.38. The van der Waals surface area contributed by atoms with Crippen molar-refractivity contribution in [2.24, 2.45) is 0 Å². The number of hydrogen-bond donors (Lipinski definition) is 1. The lowest BCUT2D eigenvalue weighted by Gasteiger charge is -2.04. The van der Waals surface area contributed by atoms with Crippen LogP contribution in [0.4, 0.5) is 10.1 Å². The molecule has 2 rings (SSSR count). The van der Waals surface area contributed by atoms with Crippen LogP contribution in [0.3, 0.4) is 0 Å². The monoisotopic (exact) mass is 275 g/mol. The molecule has 0 fully saturated rings. The normalized spacial score (nSPS) is 10.6. The summed E-state index contributed by atoms with van der Waals surface area (Å²) in [5.74, 6) is 0.738. The van der Waals surface area contributed by atoms with Gasteiger partial charge in [0.1, 0.15) is 5.82 Å². The molecule has 0 saturated carbocycles. The summed E-state index contributed by atoms with van der Waals surface area (Å²) in [6, 6.07) is 15.2. The molecule has 0 unspecified atom stereocenters. The number of halogens is 1. The van der Waals surface area contributed by atoms with Crippen LogP contribution >= 0.6 is 11.8 Å². The molecular formula is C16H18FNS. The van der Waals surface area contributed by atoms with Gasteiger partial charge in [-0.05, 0) is 48.8 Å². The van der Waals surface area contributed by atoms with Crippen LogP contribution in [0.2, 0.25) is 0 Å². The molecule has 3 heteroatoms. The number of unbranched alkanes of at least 4 members (excludes halogenated alkanes) is 1. The van der Waals surface area contributed by atoms with Crippen molar-refractivity contribution in [2.75, 3.05) is 11.5 Å². The summed E-state index contributed by atoms with van der Waals surface area (Å²) >= 11 is 1.66. The molecule has 0 heterocycles. The summed E-state index contributed by atoms with van der Waals surface area (Å²) in [4.78, 5) is 0.914. The molecule has 0 amide bonds. The van der Waals surface area contributed by atoms with Crippen LogP contribution in [0.1, 0.15) is 18.4 Å². The molecule has 1 nitrogen and oxygen atoms in total. The SMILES string of the molecule is Nc1cc(F)cc(SCCCCc2ccccc2)c1. The predicted molar refractivity (Wildman–Crippen MR) is 80.9 cm³/mol. The van der Waals surface area contributed by atoms with E-state index in [4.69, 9.17) is 5.73 Å². The first kappa shape index (κ1) is 13.9. The number of nitrogen functional groups attached to an aromatic ring is 1. The van der Waals surface area contributed by atoms with Crippen molar-refractivity contribution >= 4 is 17.4 Å². The molecule has 0 saturated heterocycles. The Morgan fingerprint density at radius 1 is 1.00 bits per heavy atom. The van der Waals surface area contributed by atoms with E-state index >= 15 is 0 Å². The number of benzene rings is 2. The fraction of sp³-hybridized carbons (Fsp3) is 0.250. The lowest BCUT2D eigenvalue weighted by atomic mass is 10.1. The molecule has 0 spiro atoms. The molecule has 0 atom stereocenters. The Labute approximate surface area is 118 Å². The average molecular weight is 275 g/mol. The van der Waals surface area contributed by atoms with Gasteiger partial charge in [-0.25, -0.2) is 4.39 Å². The van der Waals surface area contributed by atoms with Gasteiger partial charge in [0.15, 0.2) is 0 Å². The lowest BCUT2D eigenvalue weighted by molar-refractivity contribution is 0.625. The molecule has 100 valence electrons. The van der Waals surface area contributed by atoms with Gasteiger partial charge in [0.25, 0.3) is 0 Å². The van der Waals surface area contributed by atoms with Gasteiger partial charge < -0.3 is 5.73 Å². The fourth-order valence-electron chi connectivity index (χ4n) is 1.93. The molecule has 19 heavy (non-hydrogen) atoms. The van der Waals surface area contributed by atoms with Crippen molar-refractivity contribution in [1.82, 2.24) is 0 Å². The van der Waals surface area contributed by atoms with Gasteiger partial charge in [-0.3, -0.25) is 0 Å². The third kappa shape index (κ3) is 4.95. The number of thioether (sulfide) groups is 1. The summed E-state index contributed by atoms with van der Waals surface area (Å²) in [7, 11) is 0. The molecule has 0 bridgehead atoms. The minimum atomic E-state index is -0.258. The molecule has 0 aliphatic heterocycles. The maximum absolute atomic E-state index is 13.1. The third-order valence-corrected chi connectivity index (χ3v) is 3.93. The summed E-state index contributed by atoms with van der Waals surface area (Å²) < 4.78 is 13.1. The van der Waals surface area contributed by atoms with Crippen LogP contribution in [0, 0.1) is 5.82 Å². The minimum Gasteiger partial charge on any atom is -0.399 e. The number of hydrogen-bond acceptors (Lipinski definition) is 2. The highest BCUT2D eigenvalue weighted by Crippen LogP contribution is 2.23. The van der Waals surface area contributed by atoms with Crippen molar-refractivity contribution in [3.8, 4) is 0 Å². The zero-order valence-corrected chi connectivity index (χ0v) is 11.6. The Morgan fingerprint density at radius 2 is 1.79 bits per heavy atom. The van der Waals surface area contributed by atoms with Gasteiger partial charge in [-0.2, -0.15) is 0 Å². The van der Waals surface area contributed by atoms with Crippen LogP contribution in [0.25, 0.3) is 0 Å². The first-order valence-corrected chi connectivity index (χ1v) is 7.45. The zero-order chi connectivity index (χ0) is 13.5. The van der Waals surface area contributed by atoms with Gasteiger partial charge in [0.05, 0.1) is 0 Å². The van der Waals surface area contributed by atoms with Crippen molar-refractivity contribution in [2.45, 2.75) is 24.2 Å². The Kier molecular flexibility index (Phi) is 5.28. The largest absolute Gasteiger partial charge is 0.399 e. The smallest absolute Gasteiger partial charge is 0.126 e. The molecular weight excluding hydrogens is 257 g/mol. The Balaban J connectivity index is 1.69. The van der Waals surface area contributed by atoms with Gasteiger partial charge in [-0.1, -0.05) is 30.3 Å². The van der Waals surface area contributed by atoms with E-state index < -0.39 is 0 Å². The van der Waals surface area contributed by atoms with Crippen LogP contribution < -0.4 is 5.73 Å². The summed E-state index contributed by atoms with van der Waals surface area (Å²) in [5.41, 5.74) is 7.48. The number of aryl methyl sites for hydroxylation is 1. The van der Waals surface area contributed by atoms with Gasteiger partial charge in [0, 0.05) is 10.6 Å². The number of rotatable bonds is 6. The molecule has 2 N–H and O–H groups in total. The third-order valence-electron chi connectivity index (χ3n) is 2.86. The van der Waals surface area contributed by atoms with E-state index in [9.17, 15) is 4.39 Å². The Bertz CT molecular complexity index is 493. The average Bonchev–Trinajstić information content (AvgIpc) is 2.38. The predicted octanol–water partition coefficient (Wildman–Crippen LogP) is 4.52. The molecule has 0 aliphatic carbocycles. The van der Waals surface area contributed by atoms with Gasteiger partial charge in [0.2, 0.25) is 0 Å². The summed E-state index contributed by atoms with van der Waals surface area (Å²) in [6.45, 7) is 0. The van der Waals surface area contributed by atoms with Crippen molar-refractivity contribution < 1.29 is 4.39 Å². The highest BCUT2D eigenvalue weighted by Gasteiger charge is 1.99. The Hall–Kier alpha value is -1.48. The second-order valence-electron chi connectivity index (χ2n) is 4.51. The second kappa shape index (κ2) is 7.19. The van der Waals surface area contributed by atoms with E-state index in [0.29, 0.717) is 5.69 Å². The molecule has 0 aliphatic rings. The zero-order valence-electron chi connectivity index (χ0n) is 10.8. The van der Waals surface area contributed by atoms with Crippen LogP contribution in [-0.2, 0) is 6.42 Å². The maximum Gasteiger partial charge on any atom is 0.126 e. The fourth-order valence-corrected chi connectivity index (χ4v) is 2.93. The van der Waals surface area contributed by atoms with E-state index in [0.717, 1.165) is 29.9 Å². The van der Waals surface area contributed by atoms with E-state index in [1.807, 2.05) is 12.1 Å². The first-order chi connectivity index (χ1) is 9.24. The van der Waals surface area contributed by atoms with Crippen molar-refractivity contribution in [3.05, 3.63) is 59.9 Å². The minimum absolute atomic E-state index is 0.258. The van der Waals surface area contributed by atoms with Gasteiger partial charge in [-0.15, -0.1) is 11.8 Å². The molecule has 2 aromatic rings. The lowest BCUT2D eigenvalue weighted by Crippen LogP contribution is -1.89. The summed E-state index contributed by atoms with van der Waals surface area (Å²) in [5, 5.41) is 0. The van der Waals surface area contributed by atoms with E-state index in [2.05, 4.69) is 24.3 Å². The van der Waals surface area contributed by atoms with Crippen LogP contribution in [0.15, 0.2) is 53.4 Å². The van der Waals surface area contributed by atoms with E-state index in [1.165, 1.54) is 17.7 Å². The molecule has 2 aromatic carbocycles. The second-order valence-corrected chi connectivity index (χ2v) is 5.68. The molecule has 0 aromatic heterocycles. The Morgan fingerprint density at radius 3 is 2.53 bits per heavy atom. The topological polar surface area (TPSA) is 26.0 Å². The number of anilines is 1. The standard InChI is InChI=1S/C16H18FNS/c17-14-10-15(18)12-16(11-14)19-9-5-4-8-13-6-2-1-3-7-13/h1-3,6-7,10-12H,4-5,8-9,18H2. The van der Waals surface area contributed by atoms with E-state index in [-0.39, 0.29) is 5.82 Å². The molecule has 0 radical (unpaired) electrons. The van der Waals surface area contributed by atoms with Crippen LogP contribution in [-0.4, -0.2) is 5.75 Å².